The van der Waals surface area contributed by atoms with Crippen molar-refractivity contribution in [1.29, 1.82) is 0 Å². The van der Waals surface area contributed by atoms with Gasteiger partial charge in [-0.15, -0.1) is 0 Å². The van der Waals surface area contributed by atoms with Gasteiger partial charge in [0.2, 0.25) is 0 Å². The molecule has 0 aliphatic heterocycles. The second-order valence-electron chi connectivity index (χ2n) is 8.96. The number of benzene rings is 1. The number of nitrogens with zero attached hydrogens (tertiary/aromatic N) is 3. The number of nitrogens with one attached hydrogen (secondary N) is 1. The quantitative estimate of drug-likeness (QED) is 0.485. The maximum Gasteiger partial charge on any atom is 0.258 e. The van der Waals surface area contributed by atoms with E-state index < -0.39 is 23.9 Å². The van der Waals surface area contributed by atoms with Crippen LogP contribution in [0.3, 0.4) is 0 Å². The highest BCUT2D eigenvalue weighted by atomic mass is 35.5. The Balaban J connectivity index is 1.78. The van der Waals surface area contributed by atoms with Gasteiger partial charge in [-0.2, -0.15) is 0 Å². The third-order valence-electron chi connectivity index (χ3n) is 6.05. The van der Waals surface area contributed by atoms with Gasteiger partial charge in [0, 0.05) is 24.4 Å². The van der Waals surface area contributed by atoms with E-state index in [0.717, 1.165) is 12.8 Å². The highest BCUT2D eigenvalue weighted by Crippen LogP contribution is 2.35. The Morgan fingerprint density at radius 1 is 1.41 bits per heavy atom. The number of fused-ring (bicyclic) bond motifs is 1. The summed E-state index contributed by atoms with van der Waals surface area (Å²) in [5.74, 6) is -0.453. The number of hydrogen-bond donors (Lipinski definition) is 3. The van der Waals surface area contributed by atoms with Crippen LogP contribution in [0.5, 0.6) is 5.75 Å². The molecule has 0 bridgehead atoms. The summed E-state index contributed by atoms with van der Waals surface area (Å²) >= 11 is 6.24. The van der Waals surface area contributed by atoms with Gasteiger partial charge < -0.3 is 20.9 Å². The van der Waals surface area contributed by atoms with Crippen LogP contribution < -0.4 is 15.8 Å². The van der Waals surface area contributed by atoms with Crippen LogP contribution in [0, 0.1) is 12.7 Å². The zero-order valence-corrected chi connectivity index (χ0v) is 20.2. The average Bonchev–Trinajstić information content (AvgIpc) is 3.09. The van der Waals surface area contributed by atoms with E-state index in [1.54, 1.807) is 26.2 Å². The number of ether oxygens (including phenoxy) is 1. The molecular weight excluding hydrogens is 461 g/mol. The van der Waals surface area contributed by atoms with E-state index in [1.807, 2.05) is 11.3 Å². The van der Waals surface area contributed by atoms with Crippen molar-refractivity contribution in [1.82, 2.24) is 19.7 Å². The van der Waals surface area contributed by atoms with Crippen molar-refractivity contribution in [3.05, 3.63) is 51.9 Å². The molecule has 1 aromatic carbocycles. The smallest absolute Gasteiger partial charge is 0.258 e. The number of imidazole rings is 1. The number of hydrogen-bond acceptors (Lipinski definition) is 6. The fourth-order valence-corrected chi connectivity index (χ4v) is 4.72. The predicted octanol–water partition coefficient (Wildman–Crippen LogP) is 3.82. The Morgan fingerprint density at radius 2 is 2.15 bits per heavy atom. The van der Waals surface area contributed by atoms with Crippen molar-refractivity contribution in [2.45, 2.75) is 71.1 Å². The third-order valence-corrected chi connectivity index (χ3v) is 6.33. The molecule has 1 fully saturated rings. The van der Waals surface area contributed by atoms with Gasteiger partial charge in [-0.25, -0.2) is 14.4 Å². The number of aliphatic hydroxyl groups is 1. The molecule has 0 radical (unpaired) electrons. The molecule has 0 spiro atoms. The van der Waals surface area contributed by atoms with Gasteiger partial charge >= 0.3 is 0 Å². The topological polar surface area (TPSA) is 115 Å². The lowest BCUT2D eigenvalue weighted by atomic mass is 9.92. The molecule has 182 valence electrons. The van der Waals surface area contributed by atoms with Gasteiger partial charge in [-0.3, -0.25) is 9.20 Å². The van der Waals surface area contributed by atoms with Crippen LogP contribution in [0.15, 0.2) is 18.5 Å². The van der Waals surface area contributed by atoms with E-state index in [2.05, 4.69) is 15.3 Å². The molecule has 2 heterocycles. The number of anilines is 1. The fourth-order valence-electron chi connectivity index (χ4n) is 4.50. The van der Waals surface area contributed by atoms with E-state index >= 15 is 4.39 Å². The Labute approximate surface area is 202 Å². The third kappa shape index (κ3) is 4.67. The number of carbonyl (C=O) groups excluding carboxylic acids is 1. The Morgan fingerprint density at radius 3 is 2.85 bits per heavy atom. The number of rotatable bonds is 6. The van der Waals surface area contributed by atoms with Crippen LogP contribution in [-0.4, -0.2) is 43.6 Å². The summed E-state index contributed by atoms with van der Waals surface area (Å²) in [6.45, 7) is 5.42. The largest absolute Gasteiger partial charge is 0.490 e. The molecule has 2 atom stereocenters. The van der Waals surface area contributed by atoms with Gasteiger partial charge in [0.15, 0.2) is 5.82 Å². The number of nitrogens with two attached hydrogens (primary N) is 1. The van der Waals surface area contributed by atoms with E-state index in [1.165, 1.54) is 6.07 Å². The summed E-state index contributed by atoms with van der Waals surface area (Å²) in [5, 5.41) is 12.9. The molecule has 8 nitrogen and oxygen atoms in total. The summed E-state index contributed by atoms with van der Waals surface area (Å²) in [4.78, 5) is 22.0. The standard InChI is InChI=1S/C24H29ClFN5O3/c1-12(2)34-22-14(11-18-29-13(3)21-23(27)28-8-9-31(18)21)10-15(25)20(26)19(22)24(33)30-16-6-4-5-7-17(16)32/h8-10,12,16-17,32H,4-7,11H2,1-3H3,(H2,27,28)(H,30,33)/t16-,17+/m1/s1. The number of halogens is 2. The van der Waals surface area contributed by atoms with Gasteiger partial charge in [0.1, 0.15) is 28.5 Å². The van der Waals surface area contributed by atoms with Crippen molar-refractivity contribution in [3.63, 3.8) is 0 Å². The second kappa shape index (κ2) is 9.76. The van der Waals surface area contributed by atoms with Crippen LogP contribution in [0.25, 0.3) is 5.52 Å². The first-order valence-electron chi connectivity index (χ1n) is 11.4. The van der Waals surface area contributed by atoms with E-state index in [4.69, 9.17) is 22.1 Å². The lowest BCUT2D eigenvalue weighted by molar-refractivity contribution is 0.0710. The summed E-state index contributed by atoms with van der Waals surface area (Å²) in [6.07, 6.45) is 5.51. The first kappa shape index (κ1) is 24.2. The van der Waals surface area contributed by atoms with Gasteiger partial charge in [0.25, 0.3) is 5.91 Å². The number of aliphatic hydroxyl groups excluding tert-OH is 1. The lowest BCUT2D eigenvalue weighted by Gasteiger charge is -2.29. The highest BCUT2D eigenvalue weighted by Gasteiger charge is 2.30. The predicted molar refractivity (Wildman–Crippen MR) is 128 cm³/mol. The Hall–Kier alpha value is -2.91. The summed E-state index contributed by atoms with van der Waals surface area (Å²) < 4.78 is 23.0. The van der Waals surface area contributed by atoms with E-state index in [0.29, 0.717) is 41.3 Å². The number of aromatic nitrogens is 3. The minimum Gasteiger partial charge on any atom is -0.490 e. The summed E-state index contributed by atoms with van der Waals surface area (Å²) in [5.41, 5.74) is 7.65. The van der Waals surface area contributed by atoms with Crippen LogP contribution in [0.4, 0.5) is 10.2 Å². The summed E-state index contributed by atoms with van der Waals surface area (Å²) in [6, 6.07) is 1.01. The second-order valence-corrected chi connectivity index (χ2v) is 9.36. The maximum atomic E-state index is 15.3. The molecule has 1 saturated carbocycles. The minimum atomic E-state index is -0.860. The summed E-state index contributed by atoms with van der Waals surface area (Å²) in [7, 11) is 0. The molecule has 4 N–H and O–H groups in total. The molecule has 0 unspecified atom stereocenters. The first-order chi connectivity index (χ1) is 16.2. The Kier molecular flexibility index (Phi) is 6.95. The molecule has 0 saturated heterocycles. The molecular formula is C24H29ClFN5O3. The van der Waals surface area contributed by atoms with E-state index in [9.17, 15) is 9.90 Å². The number of carbonyl (C=O) groups is 1. The number of nitrogen functional groups attached to an aromatic ring is 1. The van der Waals surface area contributed by atoms with E-state index in [-0.39, 0.29) is 28.9 Å². The Bertz CT molecular complexity index is 1230. The zero-order valence-electron chi connectivity index (χ0n) is 19.4. The average molecular weight is 490 g/mol. The van der Waals surface area contributed by atoms with Gasteiger partial charge in [-0.1, -0.05) is 24.4 Å². The van der Waals surface area contributed by atoms with Crippen molar-refractivity contribution >= 4 is 28.8 Å². The van der Waals surface area contributed by atoms with Gasteiger partial charge in [-0.05, 0) is 39.7 Å². The highest BCUT2D eigenvalue weighted by molar-refractivity contribution is 6.31. The van der Waals surface area contributed by atoms with Crippen molar-refractivity contribution < 1.29 is 19.0 Å². The van der Waals surface area contributed by atoms with Crippen molar-refractivity contribution in [2.75, 3.05) is 5.73 Å². The fraction of sp³-hybridized carbons (Fsp3) is 0.458. The normalized spacial score (nSPS) is 18.4. The van der Waals surface area contributed by atoms with Crippen LogP contribution in [0.1, 0.15) is 67.0 Å². The number of amides is 1. The molecule has 34 heavy (non-hydrogen) atoms. The van der Waals surface area contributed by atoms with Crippen LogP contribution in [-0.2, 0) is 6.42 Å². The molecule has 2 aromatic heterocycles. The van der Waals surface area contributed by atoms with Crippen molar-refractivity contribution in [2.24, 2.45) is 0 Å². The molecule has 1 amide bonds. The molecule has 10 heteroatoms. The van der Waals surface area contributed by atoms with Crippen molar-refractivity contribution in [3.8, 4) is 5.75 Å². The minimum absolute atomic E-state index is 0.108. The molecule has 4 rings (SSSR count). The first-order valence-corrected chi connectivity index (χ1v) is 11.8. The van der Waals surface area contributed by atoms with Crippen LogP contribution in [0.2, 0.25) is 5.02 Å². The molecule has 1 aliphatic rings. The zero-order chi connectivity index (χ0) is 24.6. The van der Waals surface area contributed by atoms with Crippen LogP contribution >= 0.6 is 11.6 Å². The maximum absolute atomic E-state index is 15.3. The lowest BCUT2D eigenvalue weighted by Crippen LogP contribution is -2.45. The SMILES string of the molecule is Cc1nc(Cc2cc(Cl)c(F)c(C(=O)N[C@@H]3CCCC[C@@H]3O)c2OC(C)C)n2ccnc(N)c12. The number of aryl methyl sites for hydroxylation is 1. The molecule has 1 aliphatic carbocycles. The monoisotopic (exact) mass is 489 g/mol. The van der Waals surface area contributed by atoms with Gasteiger partial charge in [0.05, 0.1) is 29.0 Å². The molecule has 3 aromatic rings.